The molecule has 102 valence electrons. The number of carbonyl (C=O) groups excluding carboxylic acids is 1. The number of alkyl halides is 3. The van der Waals surface area contributed by atoms with Crippen molar-refractivity contribution in [1.29, 1.82) is 0 Å². The van der Waals surface area contributed by atoms with Crippen molar-refractivity contribution < 1.29 is 27.1 Å². The van der Waals surface area contributed by atoms with Crippen molar-refractivity contribution in [2.75, 3.05) is 7.11 Å². The molecular weight excluding hydrogens is 266 g/mol. The number of fused-ring (bicyclic) bond motifs is 1. The molecule has 0 aliphatic heterocycles. The van der Waals surface area contributed by atoms with Crippen LogP contribution >= 0.6 is 0 Å². The highest BCUT2D eigenvalue weighted by Crippen LogP contribution is 2.38. The van der Waals surface area contributed by atoms with Gasteiger partial charge in [0.15, 0.2) is 0 Å². The molecule has 1 N–H and O–H groups in total. The fourth-order valence-electron chi connectivity index (χ4n) is 1.99. The minimum absolute atomic E-state index is 0.123. The number of hydrogen-bond donors (Lipinski definition) is 1. The average Bonchev–Trinajstić information content (AvgIpc) is 2.65. The molecule has 0 radical (unpaired) electrons. The molecule has 0 atom stereocenters. The van der Waals surface area contributed by atoms with E-state index >= 15 is 0 Å². The van der Waals surface area contributed by atoms with Crippen LogP contribution in [0, 0.1) is 12.7 Å². The number of aryl methyl sites for hydroxylation is 1. The van der Waals surface area contributed by atoms with Crippen LogP contribution in [0.2, 0.25) is 0 Å². The monoisotopic (exact) mass is 275 g/mol. The number of nitrogens with one attached hydrogen (secondary N) is 1. The van der Waals surface area contributed by atoms with Gasteiger partial charge in [-0.25, -0.2) is 9.18 Å². The number of aromatic amines is 1. The van der Waals surface area contributed by atoms with Crippen LogP contribution in [-0.2, 0) is 10.9 Å². The maximum absolute atomic E-state index is 13.6. The summed E-state index contributed by atoms with van der Waals surface area (Å²) >= 11 is 0. The fourth-order valence-corrected chi connectivity index (χ4v) is 1.99. The third kappa shape index (κ3) is 2.05. The number of benzene rings is 1. The molecule has 0 aliphatic carbocycles. The number of carbonyl (C=O) groups is 1. The van der Waals surface area contributed by atoms with Gasteiger partial charge < -0.3 is 9.72 Å². The topological polar surface area (TPSA) is 42.1 Å². The lowest BCUT2D eigenvalue weighted by molar-refractivity contribution is -0.136. The van der Waals surface area contributed by atoms with Gasteiger partial charge in [0.05, 0.1) is 23.8 Å². The van der Waals surface area contributed by atoms with E-state index in [0.717, 1.165) is 7.11 Å². The number of aromatic nitrogens is 1. The largest absolute Gasteiger partial charge is 0.465 e. The van der Waals surface area contributed by atoms with Crippen LogP contribution < -0.4 is 0 Å². The molecule has 2 rings (SSSR count). The molecule has 0 unspecified atom stereocenters. The zero-order valence-electron chi connectivity index (χ0n) is 9.98. The van der Waals surface area contributed by atoms with Gasteiger partial charge in [0.2, 0.25) is 0 Å². The fraction of sp³-hybridized carbons (Fsp3) is 0.250. The third-order valence-electron chi connectivity index (χ3n) is 2.79. The summed E-state index contributed by atoms with van der Waals surface area (Å²) < 4.78 is 56.8. The van der Waals surface area contributed by atoms with Crippen molar-refractivity contribution in [3.63, 3.8) is 0 Å². The summed E-state index contributed by atoms with van der Waals surface area (Å²) in [5.41, 5.74) is -1.61. The van der Waals surface area contributed by atoms with Crippen LogP contribution in [0.1, 0.15) is 21.6 Å². The van der Waals surface area contributed by atoms with E-state index in [1.54, 1.807) is 0 Å². The summed E-state index contributed by atoms with van der Waals surface area (Å²) in [7, 11) is 1.05. The van der Waals surface area contributed by atoms with Crippen LogP contribution in [0.5, 0.6) is 0 Å². The Labute approximate surface area is 105 Å². The molecule has 1 heterocycles. The molecule has 1 aromatic carbocycles. The molecule has 0 amide bonds. The minimum atomic E-state index is -4.69. The van der Waals surface area contributed by atoms with Crippen molar-refractivity contribution in [3.05, 3.63) is 34.8 Å². The zero-order chi connectivity index (χ0) is 14.4. The first kappa shape index (κ1) is 13.4. The summed E-state index contributed by atoms with van der Waals surface area (Å²) in [5, 5.41) is -0.503. The van der Waals surface area contributed by atoms with Crippen LogP contribution in [0.3, 0.4) is 0 Å². The molecule has 19 heavy (non-hydrogen) atoms. The number of methoxy groups -OCH3 is 1. The first-order valence-corrected chi connectivity index (χ1v) is 5.23. The van der Waals surface area contributed by atoms with E-state index in [-0.39, 0.29) is 16.8 Å². The Hall–Kier alpha value is -2.05. The molecular formula is C12H9F4NO2. The van der Waals surface area contributed by atoms with Gasteiger partial charge in [-0.05, 0) is 19.1 Å². The highest BCUT2D eigenvalue weighted by atomic mass is 19.4. The number of halogens is 4. The molecule has 0 bridgehead atoms. The van der Waals surface area contributed by atoms with E-state index in [1.165, 1.54) is 6.92 Å². The zero-order valence-corrected chi connectivity index (χ0v) is 9.98. The summed E-state index contributed by atoms with van der Waals surface area (Å²) in [6, 6.07) is 1.32. The quantitative estimate of drug-likeness (QED) is 0.640. The molecule has 3 nitrogen and oxygen atoms in total. The molecule has 1 aromatic heterocycles. The number of rotatable bonds is 1. The molecule has 0 saturated heterocycles. The molecule has 0 spiro atoms. The molecule has 0 aliphatic rings. The second-order valence-electron chi connectivity index (χ2n) is 3.96. The Morgan fingerprint density at radius 1 is 1.32 bits per heavy atom. The lowest BCUT2D eigenvalue weighted by Gasteiger charge is -2.09. The van der Waals surface area contributed by atoms with Crippen molar-refractivity contribution >= 4 is 16.9 Å². The van der Waals surface area contributed by atoms with E-state index in [0.29, 0.717) is 12.1 Å². The number of esters is 1. The van der Waals surface area contributed by atoms with Crippen molar-refractivity contribution in [1.82, 2.24) is 4.98 Å². The molecule has 0 saturated carbocycles. The van der Waals surface area contributed by atoms with Gasteiger partial charge in [0.1, 0.15) is 5.82 Å². The number of hydrogen-bond acceptors (Lipinski definition) is 2. The van der Waals surface area contributed by atoms with E-state index < -0.39 is 28.9 Å². The van der Waals surface area contributed by atoms with Gasteiger partial charge in [-0.15, -0.1) is 0 Å². The lowest BCUT2D eigenvalue weighted by atomic mass is 10.0. The van der Waals surface area contributed by atoms with E-state index in [4.69, 9.17) is 0 Å². The van der Waals surface area contributed by atoms with Crippen molar-refractivity contribution in [2.45, 2.75) is 13.1 Å². The van der Waals surface area contributed by atoms with Crippen molar-refractivity contribution in [2.24, 2.45) is 0 Å². The average molecular weight is 275 g/mol. The molecule has 7 heteroatoms. The maximum atomic E-state index is 13.6. The Kier molecular flexibility index (Phi) is 3.00. The molecule has 0 fully saturated rings. The van der Waals surface area contributed by atoms with E-state index in [2.05, 4.69) is 9.72 Å². The minimum Gasteiger partial charge on any atom is -0.465 e. The van der Waals surface area contributed by atoms with Crippen LogP contribution in [0.15, 0.2) is 12.1 Å². The van der Waals surface area contributed by atoms with Gasteiger partial charge in [-0.2, -0.15) is 13.2 Å². The first-order chi connectivity index (χ1) is 8.77. The van der Waals surface area contributed by atoms with Crippen LogP contribution in [-0.4, -0.2) is 18.1 Å². The third-order valence-corrected chi connectivity index (χ3v) is 2.79. The van der Waals surface area contributed by atoms with E-state index in [9.17, 15) is 22.4 Å². The van der Waals surface area contributed by atoms with Gasteiger partial charge >= 0.3 is 12.1 Å². The Morgan fingerprint density at radius 2 is 1.95 bits per heavy atom. The second-order valence-corrected chi connectivity index (χ2v) is 3.96. The summed E-state index contributed by atoms with van der Waals surface area (Å²) in [6.07, 6.45) is -4.69. The maximum Gasteiger partial charge on any atom is 0.417 e. The first-order valence-electron chi connectivity index (χ1n) is 5.23. The van der Waals surface area contributed by atoms with Gasteiger partial charge in [-0.1, -0.05) is 0 Å². The second kappa shape index (κ2) is 4.25. The summed E-state index contributed by atoms with van der Waals surface area (Å²) in [5.74, 6) is -1.80. The Morgan fingerprint density at radius 3 is 2.47 bits per heavy atom. The Balaban J connectivity index is 2.93. The highest BCUT2D eigenvalue weighted by Gasteiger charge is 2.36. The van der Waals surface area contributed by atoms with Gasteiger partial charge in [0.25, 0.3) is 0 Å². The molecule has 2 aromatic rings. The SMILES string of the molecule is COC(=O)c1c(C)[nH]c2c(F)ccc(C(F)(F)F)c12. The highest BCUT2D eigenvalue weighted by molar-refractivity contribution is 6.07. The van der Waals surface area contributed by atoms with Crippen LogP contribution in [0.25, 0.3) is 10.9 Å². The summed E-state index contributed by atoms with van der Waals surface area (Å²) in [4.78, 5) is 14.0. The van der Waals surface area contributed by atoms with Crippen molar-refractivity contribution in [3.8, 4) is 0 Å². The normalized spacial score (nSPS) is 11.9. The lowest BCUT2D eigenvalue weighted by Crippen LogP contribution is -2.09. The van der Waals surface area contributed by atoms with Crippen LogP contribution in [0.4, 0.5) is 17.6 Å². The smallest absolute Gasteiger partial charge is 0.417 e. The predicted molar refractivity (Wildman–Crippen MR) is 59.3 cm³/mol. The predicted octanol–water partition coefficient (Wildman–Crippen LogP) is 3.42. The number of H-pyrrole nitrogens is 1. The Bertz CT molecular complexity index is 658. The van der Waals surface area contributed by atoms with E-state index in [1.807, 2.05) is 0 Å². The van der Waals surface area contributed by atoms with Gasteiger partial charge in [-0.3, -0.25) is 0 Å². The number of ether oxygens (including phenoxy) is 1. The summed E-state index contributed by atoms with van der Waals surface area (Å²) in [6.45, 7) is 1.38. The standard InChI is InChI=1S/C12H9F4NO2/c1-5-8(11(18)19-2)9-6(12(14,15)16)3-4-7(13)10(9)17-5/h3-4,17H,1-2H3. The van der Waals surface area contributed by atoms with Gasteiger partial charge in [0, 0.05) is 11.1 Å².